The average molecular weight is 382 g/mol. The van der Waals surface area contributed by atoms with Crippen molar-refractivity contribution in [2.24, 2.45) is 0 Å². The van der Waals surface area contributed by atoms with Gasteiger partial charge < -0.3 is 10.0 Å². The topological polar surface area (TPSA) is 57.6 Å². The van der Waals surface area contributed by atoms with Gasteiger partial charge in [-0.05, 0) is 35.6 Å². The molecule has 0 aliphatic heterocycles. The molecule has 0 atom stereocenters. The summed E-state index contributed by atoms with van der Waals surface area (Å²) in [4.78, 5) is 25.8. The Labute approximate surface area is 141 Å². The van der Waals surface area contributed by atoms with Crippen LogP contribution in [0.2, 0.25) is 0 Å². The fraction of sp³-hybridized carbons (Fsp3) is 0.250. The van der Waals surface area contributed by atoms with Gasteiger partial charge in [0, 0.05) is 22.3 Å². The van der Waals surface area contributed by atoms with Crippen molar-refractivity contribution in [2.45, 2.75) is 19.4 Å². The Morgan fingerprint density at radius 2 is 2.05 bits per heavy atom. The smallest absolute Gasteiger partial charge is 0.323 e. The van der Waals surface area contributed by atoms with Crippen molar-refractivity contribution in [3.8, 4) is 0 Å². The van der Waals surface area contributed by atoms with Gasteiger partial charge in [0.25, 0.3) is 0 Å². The van der Waals surface area contributed by atoms with Crippen molar-refractivity contribution in [1.82, 2.24) is 4.90 Å². The Morgan fingerprint density at radius 1 is 1.23 bits per heavy atom. The van der Waals surface area contributed by atoms with Crippen LogP contribution in [0.25, 0.3) is 0 Å². The van der Waals surface area contributed by atoms with Gasteiger partial charge in [0.2, 0.25) is 5.91 Å². The van der Waals surface area contributed by atoms with Gasteiger partial charge >= 0.3 is 5.97 Å². The summed E-state index contributed by atoms with van der Waals surface area (Å²) in [6.07, 6.45) is 0.965. The maximum Gasteiger partial charge on any atom is 0.323 e. The molecule has 1 aromatic carbocycles. The zero-order valence-electron chi connectivity index (χ0n) is 11.9. The number of thiophene rings is 1. The number of carboxylic acid groups (broad SMARTS) is 1. The SMILES string of the molecule is O=C(O)CN(Cc1cccc(Br)c1)C(=O)CCc1cccs1. The lowest BCUT2D eigenvalue weighted by Crippen LogP contribution is -2.35. The highest BCUT2D eigenvalue weighted by Crippen LogP contribution is 2.15. The van der Waals surface area contributed by atoms with E-state index in [4.69, 9.17) is 5.11 Å². The number of nitrogens with zero attached hydrogens (tertiary/aromatic N) is 1. The van der Waals surface area contributed by atoms with Crippen LogP contribution in [0, 0.1) is 0 Å². The number of halogens is 1. The van der Waals surface area contributed by atoms with E-state index in [0.29, 0.717) is 19.4 Å². The van der Waals surface area contributed by atoms with Gasteiger partial charge in [-0.3, -0.25) is 9.59 Å². The summed E-state index contributed by atoms with van der Waals surface area (Å²) in [7, 11) is 0. The van der Waals surface area contributed by atoms with Gasteiger partial charge in [0.05, 0.1) is 0 Å². The van der Waals surface area contributed by atoms with Gasteiger partial charge in [-0.15, -0.1) is 11.3 Å². The largest absolute Gasteiger partial charge is 0.480 e. The number of carboxylic acids is 1. The predicted molar refractivity (Wildman–Crippen MR) is 89.8 cm³/mol. The monoisotopic (exact) mass is 381 g/mol. The zero-order valence-corrected chi connectivity index (χ0v) is 14.3. The molecule has 4 nitrogen and oxygen atoms in total. The lowest BCUT2D eigenvalue weighted by Gasteiger charge is -2.21. The summed E-state index contributed by atoms with van der Waals surface area (Å²) < 4.78 is 0.909. The van der Waals surface area contributed by atoms with E-state index in [0.717, 1.165) is 14.9 Å². The maximum atomic E-state index is 12.3. The van der Waals surface area contributed by atoms with E-state index >= 15 is 0 Å². The van der Waals surface area contributed by atoms with Gasteiger partial charge in [0.1, 0.15) is 6.54 Å². The van der Waals surface area contributed by atoms with Crippen molar-refractivity contribution < 1.29 is 14.7 Å². The van der Waals surface area contributed by atoms with Crippen molar-refractivity contribution in [3.63, 3.8) is 0 Å². The predicted octanol–water partition coefficient (Wildman–Crippen LogP) is 3.56. The lowest BCUT2D eigenvalue weighted by atomic mass is 10.2. The molecule has 0 fully saturated rings. The normalized spacial score (nSPS) is 10.4. The zero-order chi connectivity index (χ0) is 15.9. The minimum atomic E-state index is -1.00. The van der Waals surface area contributed by atoms with E-state index in [9.17, 15) is 9.59 Å². The fourth-order valence-electron chi connectivity index (χ4n) is 2.09. The van der Waals surface area contributed by atoms with Crippen LogP contribution in [0.3, 0.4) is 0 Å². The van der Waals surface area contributed by atoms with Crippen LogP contribution in [0.1, 0.15) is 16.9 Å². The molecule has 116 valence electrons. The van der Waals surface area contributed by atoms with E-state index in [1.54, 1.807) is 11.3 Å². The quantitative estimate of drug-likeness (QED) is 0.797. The minimum absolute atomic E-state index is 0.143. The van der Waals surface area contributed by atoms with Crippen LogP contribution in [-0.2, 0) is 22.6 Å². The van der Waals surface area contributed by atoms with E-state index < -0.39 is 5.97 Å². The van der Waals surface area contributed by atoms with Crippen LogP contribution in [0.4, 0.5) is 0 Å². The molecule has 0 spiro atoms. The molecule has 0 saturated heterocycles. The number of aliphatic carboxylic acids is 1. The summed E-state index contributed by atoms with van der Waals surface area (Å²) in [6, 6.07) is 11.5. The second-order valence-corrected chi connectivity index (χ2v) is 6.80. The molecule has 1 aromatic heterocycles. The Hall–Kier alpha value is -1.66. The fourth-order valence-corrected chi connectivity index (χ4v) is 3.25. The molecule has 2 aromatic rings. The van der Waals surface area contributed by atoms with Crippen LogP contribution >= 0.6 is 27.3 Å². The van der Waals surface area contributed by atoms with E-state index in [1.807, 2.05) is 41.8 Å². The molecule has 2 rings (SSSR count). The molecule has 0 unspecified atom stereocenters. The molecule has 1 N–H and O–H groups in total. The highest BCUT2D eigenvalue weighted by Gasteiger charge is 2.17. The van der Waals surface area contributed by atoms with Crippen molar-refractivity contribution in [2.75, 3.05) is 6.54 Å². The Kier molecular flexibility index (Phi) is 6.15. The number of hydrogen-bond acceptors (Lipinski definition) is 3. The first-order valence-electron chi connectivity index (χ1n) is 6.81. The van der Waals surface area contributed by atoms with E-state index in [-0.39, 0.29) is 12.5 Å². The van der Waals surface area contributed by atoms with Crippen LogP contribution in [-0.4, -0.2) is 28.4 Å². The third-order valence-electron chi connectivity index (χ3n) is 3.11. The van der Waals surface area contributed by atoms with Crippen LogP contribution in [0.15, 0.2) is 46.3 Å². The summed E-state index contributed by atoms with van der Waals surface area (Å²) >= 11 is 4.98. The second-order valence-electron chi connectivity index (χ2n) is 4.85. The number of hydrogen-bond donors (Lipinski definition) is 1. The van der Waals surface area contributed by atoms with Crippen molar-refractivity contribution in [3.05, 3.63) is 56.7 Å². The first-order chi connectivity index (χ1) is 10.5. The highest BCUT2D eigenvalue weighted by molar-refractivity contribution is 9.10. The van der Waals surface area contributed by atoms with E-state index in [1.165, 1.54) is 4.90 Å². The third-order valence-corrected chi connectivity index (χ3v) is 4.54. The van der Waals surface area contributed by atoms with Gasteiger partial charge in [-0.1, -0.05) is 34.1 Å². The summed E-state index contributed by atoms with van der Waals surface area (Å²) in [5, 5.41) is 11.0. The second kappa shape index (κ2) is 8.10. The van der Waals surface area contributed by atoms with Crippen molar-refractivity contribution in [1.29, 1.82) is 0 Å². The molecule has 1 amide bonds. The number of benzene rings is 1. The molecule has 0 aliphatic carbocycles. The maximum absolute atomic E-state index is 12.3. The van der Waals surface area contributed by atoms with Crippen molar-refractivity contribution >= 4 is 39.1 Å². The Balaban J connectivity index is 2.01. The first kappa shape index (κ1) is 16.7. The Morgan fingerprint density at radius 3 is 2.68 bits per heavy atom. The van der Waals surface area contributed by atoms with Gasteiger partial charge in [-0.2, -0.15) is 0 Å². The number of aryl methyl sites for hydroxylation is 1. The van der Waals surface area contributed by atoms with Crippen LogP contribution < -0.4 is 0 Å². The number of carbonyl (C=O) groups is 2. The molecular formula is C16H16BrNO3S. The minimum Gasteiger partial charge on any atom is -0.480 e. The first-order valence-corrected chi connectivity index (χ1v) is 8.48. The average Bonchev–Trinajstić information content (AvgIpc) is 2.97. The van der Waals surface area contributed by atoms with Crippen LogP contribution in [0.5, 0.6) is 0 Å². The lowest BCUT2D eigenvalue weighted by molar-refractivity contribution is -0.144. The molecule has 0 aliphatic rings. The number of rotatable bonds is 7. The number of carbonyl (C=O) groups excluding carboxylic acids is 1. The molecule has 0 bridgehead atoms. The summed E-state index contributed by atoms with van der Waals surface area (Å²) in [5.74, 6) is -1.14. The molecule has 0 radical (unpaired) electrons. The summed E-state index contributed by atoms with van der Waals surface area (Å²) in [5.41, 5.74) is 0.903. The number of amides is 1. The van der Waals surface area contributed by atoms with E-state index in [2.05, 4.69) is 15.9 Å². The van der Waals surface area contributed by atoms with Gasteiger partial charge in [0.15, 0.2) is 0 Å². The summed E-state index contributed by atoms with van der Waals surface area (Å²) in [6.45, 7) is 0.0187. The highest BCUT2D eigenvalue weighted by atomic mass is 79.9. The molecule has 0 saturated carbocycles. The molecule has 6 heteroatoms. The molecular weight excluding hydrogens is 366 g/mol. The molecule has 1 heterocycles. The standard InChI is InChI=1S/C16H16BrNO3S/c17-13-4-1-3-12(9-13)10-18(11-16(20)21)15(19)7-6-14-5-2-8-22-14/h1-5,8-9H,6-7,10-11H2,(H,20,21). The molecule has 22 heavy (non-hydrogen) atoms. The Bertz CT molecular complexity index is 643. The third kappa shape index (κ3) is 5.27. The van der Waals surface area contributed by atoms with Gasteiger partial charge in [-0.25, -0.2) is 0 Å².